The average molecular weight is 425 g/mol. The zero-order valence-electron chi connectivity index (χ0n) is 10.5. The van der Waals surface area contributed by atoms with Gasteiger partial charge in [-0.1, -0.05) is 18.2 Å². The Bertz CT molecular complexity index is 647. The minimum Gasteiger partial charge on any atom is -0.271 e. The maximum atomic E-state index is 13.1. The van der Waals surface area contributed by atoms with Gasteiger partial charge in [-0.05, 0) is 49.6 Å². The first kappa shape index (κ1) is 16.4. The van der Waals surface area contributed by atoms with Crippen molar-refractivity contribution in [1.29, 1.82) is 0 Å². The van der Waals surface area contributed by atoms with Crippen molar-refractivity contribution in [3.63, 3.8) is 0 Å². The van der Waals surface area contributed by atoms with E-state index >= 15 is 0 Å². The molecule has 0 aliphatic carbocycles. The standard InChI is InChI=1S/C13H10Br2F3N3/c14-7-5-10(15)12(20-6-7)11(21-19)8-3-1-2-4-9(8)13(16,17)18/h1-6,11,21H,19H2. The number of nitrogens with two attached hydrogens (primary N) is 1. The number of aromatic nitrogens is 1. The topological polar surface area (TPSA) is 50.9 Å². The van der Waals surface area contributed by atoms with Gasteiger partial charge in [0.05, 0.1) is 17.3 Å². The van der Waals surface area contributed by atoms with Gasteiger partial charge in [0.1, 0.15) is 0 Å². The van der Waals surface area contributed by atoms with Crippen molar-refractivity contribution in [2.45, 2.75) is 12.2 Å². The van der Waals surface area contributed by atoms with E-state index in [9.17, 15) is 13.2 Å². The molecule has 2 aromatic rings. The zero-order valence-corrected chi connectivity index (χ0v) is 13.6. The first-order valence-corrected chi connectivity index (χ1v) is 7.36. The lowest BCUT2D eigenvalue weighted by Gasteiger charge is -2.21. The summed E-state index contributed by atoms with van der Waals surface area (Å²) in [7, 11) is 0. The van der Waals surface area contributed by atoms with Crippen molar-refractivity contribution in [3.05, 3.63) is 62.3 Å². The quantitative estimate of drug-likeness (QED) is 0.574. The Labute approximate surface area is 136 Å². The van der Waals surface area contributed by atoms with Gasteiger partial charge < -0.3 is 0 Å². The molecule has 3 nitrogen and oxygen atoms in total. The summed E-state index contributed by atoms with van der Waals surface area (Å²) < 4.78 is 40.6. The Hall–Kier alpha value is -0.960. The van der Waals surface area contributed by atoms with Crippen LogP contribution in [-0.2, 0) is 6.18 Å². The summed E-state index contributed by atoms with van der Waals surface area (Å²) >= 11 is 6.54. The maximum Gasteiger partial charge on any atom is 0.416 e. The van der Waals surface area contributed by atoms with E-state index in [0.717, 1.165) is 6.07 Å². The molecule has 21 heavy (non-hydrogen) atoms. The van der Waals surface area contributed by atoms with Gasteiger partial charge in [-0.2, -0.15) is 13.2 Å². The number of hydrogen-bond donors (Lipinski definition) is 2. The number of nitrogens with zero attached hydrogens (tertiary/aromatic N) is 1. The lowest BCUT2D eigenvalue weighted by atomic mass is 9.97. The molecule has 0 spiro atoms. The fourth-order valence-corrected chi connectivity index (χ4v) is 3.18. The van der Waals surface area contributed by atoms with Crippen molar-refractivity contribution < 1.29 is 13.2 Å². The van der Waals surface area contributed by atoms with Gasteiger partial charge in [-0.3, -0.25) is 10.8 Å². The smallest absolute Gasteiger partial charge is 0.271 e. The van der Waals surface area contributed by atoms with Crippen LogP contribution in [0.4, 0.5) is 13.2 Å². The number of halogens is 5. The molecule has 0 bridgehead atoms. The zero-order chi connectivity index (χ0) is 15.6. The molecule has 8 heteroatoms. The molecule has 0 aliphatic heterocycles. The second kappa shape index (κ2) is 6.43. The molecule has 1 atom stereocenters. The van der Waals surface area contributed by atoms with E-state index in [1.165, 1.54) is 24.4 Å². The molecule has 112 valence electrons. The van der Waals surface area contributed by atoms with E-state index in [1.807, 2.05) is 0 Å². The van der Waals surface area contributed by atoms with Crippen molar-refractivity contribution in [1.82, 2.24) is 10.4 Å². The first-order chi connectivity index (χ1) is 9.84. The number of rotatable bonds is 3. The van der Waals surface area contributed by atoms with Gasteiger partial charge in [0, 0.05) is 15.1 Å². The summed E-state index contributed by atoms with van der Waals surface area (Å²) in [5.74, 6) is 5.47. The molecule has 0 radical (unpaired) electrons. The van der Waals surface area contributed by atoms with Gasteiger partial charge in [0.2, 0.25) is 0 Å². The second-order valence-electron chi connectivity index (χ2n) is 4.21. The van der Waals surface area contributed by atoms with Gasteiger partial charge >= 0.3 is 6.18 Å². The second-order valence-corrected chi connectivity index (χ2v) is 5.98. The van der Waals surface area contributed by atoms with Crippen LogP contribution in [0.3, 0.4) is 0 Å². The van der Waals surface area contributed by atoms with Crippen molar-refractivity contribution in [2.75, 3.05) is 0 Å². The van der Waals surface area contributed by atoms with Gasteiger partial charge in [0.25, 0.3) is 0 Å². The van der Waals surface area contributed by atoms with Gasteiger partial charge in [-0.15, -0.1) is 0 Å². The molecule has 1 aromatic heterocycles. The van der Waals surface area contributed by atoms with E-state index < -0.39 is 17.8 Å². The third-order valence-electron chi connectivity index (χ3n) is 2.85. The van der Waals surface area contributed by atoms with E-state index in [2.05, 4.69) is 42.3 Å². The number of hydrazine groups is 1. The Morgan fingerprint density at radius 3 is 2.43 bits per heavy atom. The Kier molecular flexibility index (Phi) is 5.03. The molecular weight excluding hydrogens is 415 g/mol. The molecule has 1 unspecified atom stereocenters. The lowest BCUT2D eigenvalue weighted by molar-refractivity contribution is -0.138. The van der Waals surface area contributed by atoms with Crippen LogP contribution < -0.4 is 11.3 Å². The number of nitrogens with one attached hydrogen (secondary N) is 1. The van der Waals surface area contributed by atoms with Crippen LogP contribution in [0.5, 0.6) is 0 Å². The maximum absolute atomic E-state index is 13.1. The SMILES string of the molecule is NNC(c1ccccc1C(F)(F)F)c1ncc(Br)cc1Br. The Morgan fingerprint density at radius 1 is 1.19 bits per heavy atom. The van der Waals surface area contributed by atoms with Crippen LogP contribution in [0.25, 0.3) is 0 Å². The normalized spacial score (nSPS) is 13.2. The summed E-state index contributed by atoms with van der Waals surface area (Å²) in [6.07, 6.45) is -2.96. The summed E-state index contributed by atoms with van der Waals surface area (Å²) in [4.78, 5) is 4.14. The highest BCUT2D eigenvalue weighted by Gasteiger charge is 2.35. The molecule has 3 N–H and O–H groups in total. The number of pyridine rings is 1. The van der Waals surface area contributed by atoms with Gasteiger partial charge in [0.15, 0.2) is 0 Å². The van der Waals surface area contributed by atoms with E-state index in [0.29, 0.717) is 14.6 Å². The summed E-state index contributed by atoms with van der Waals surface area (Å²) in [6, 6.07) is 6.08. The van der Waals surface area contributed by atoms with Crippen molar-refractivity contribution in [2.24, 2.45) is 5.84 Å². The largest absolute Gasteiger partial charge is 0.416 e. The molecule has 2 rings (SSSR count). The van der Waals surface area contributed by atoms with Crippen LogP contribution in [0.15, 0.2) is 45.5 Å². The first-order valence-electron chi connectivity index (χ1n) is 5.77. The highest BCUT2D eigenvalue weighted by molar-refractivity contribution is 9.11. The third-order valence-corrected chi connectivity index (χ3v) is 3.92. The third kappa shape index (κ3) is 3.63. The summed E-state index contributed by atoms with van der Waals surface area (Å²) in [5, 5.41) is 0. The molecule has 0 saturated carbocycles. The minimum atomic E-state index is -4.46. The number of benzene rings is 1. The van der Waals surface area contributed by atoms with E-state index in [4.69, 9.17) is 5.84 Å². The van der Waals surface area contributed by atoms with Crippen LogP contribution >= 0.6 is 31.9 Å². The number of alkyl halides is 3. The molecule has 0 amide bonds. The average Bonchev–Trinajstić information content (AvgIpc) is 2.41. The Balaban J connectivity index is 2.57. The molecule has 0 fully saturated rings. The van der Waals surface area contributed by atoms with Crippen molar-refractivity contribution in [3.8, 4) is 0 Å². The number of hydrogen-bond acceptors (Lipinski definition) is 3. The summed E-state index contributed by atoms with van der Waals surface area (Å²) in [5.41, 5.74) is 2.04. The summed E-state index contributed by atoms with van der Waals surface area (Å²) in [6.45, 7) is 0. The monoisotopic (exact) mass is 423 g/mol. The molecule has 1 heterocycles. The van der Waals surface area contributed by atoms with Crippen LogP contribution in [0.1, 0.15) is 22.9 Å². The highest BCUT2D eigenvalue weighted by Crippen LogP contribution is 2.37. The predicted octanol–water partition coefficient (Wildman–Crippen LogP) is 4.18. The lowest BCUT2D eigenvalue weighted by Crippen LogP contribution is -2.31. The molecule has 0 aliphatic rings. The fourth-order valence-electron chi connectivity index (χ4n) is 1.96. The molecule has 0 saturated heterocycles. The Morgan fingerprint density at radius 2 is 1.86 bits per heavy atom. The van der Waals surface area contributed by atoms with Crippen LogP contribution in [0, 0.1) is 0 Å². The predicted molar refractivity (Wildman–Crippen MR) is 80.2 cm³/mol. The minimum absolute atomic E-state index is 0.0167. The van der Waals surface area contributed by atoms with E-state index in [1.54, 1.807) is 6.07 Å². The molecular formula is C13H10Br2F3N3. The van der Waals surface area contributed by atoms with Crippen LogP contribution in [-0.4, -0.2) is 4.98 Å². The van der Waals surface area contributed by atoms with Crippen molar-refractivity contribution >= 4 is 31.9 Å². The highest BCUT2D eigenvalue weighted by atomic mass is 79.9. The van der Waals surface area contributed by atoms with E-state index in [-0.39, 0.29) is 5.56 Å². The fraction of sp³-hybridized carbons (Fsp3) is 0.154. The van der Waals surface area contributed by atoms with Gasteiger partial charge in [-0.25, -0.2) is 5.43 Å². The van der Waals surface area contributed by atoms with Crippen LogP contribution in [0.2, 0.25) is 0 Å². The molecule has 1 aromatic carbocycles.